The lowest BCUT2D eigenvalue weighted by molar-refractivity contribution is -0.149. The Bertz CT molecular complexity index is 1310. The Hall–Kier alpha value is -3.06. The van der Waals surface area contributed by atoms with E-state index in [1.54, 1.807) is 17.6 Å². The third-order valence-electron chi connectivity index (χ3n) is 5.98. The predicted molar refractivity (Wildman–Crippen MR) is 144 cm³/mol. The van der Waals surface area contributed by atoms with E-state index in [0.717, 1.165) is 16.7 Å². The molecule has 12 heteroatoms. The highest BCUT2D eigenvalue weighted by atomic mass is 32.2. The van der Waals surface area contributed by atoms with Gasteiger partial charge in [-0.15, -0.1) is 11.3 Å². The number of aromatic nitrogens is 1. The summed E-state index contributed by atoms with van der Waals surface area (Å²) in [5, 5.41) is 13.9. The van der Waals surface area contributed by atoms with Gasteiger partial charge in [-0.2, -0.15) is 4.31 Å². The maximum absolute atomic E-state index is 13.6. The average Bonchev–Trinajstić information content (AvgIpc) is 3.38. The number of hydrogen-bond acceptors (Lipinski definition) is 9. The molecule has 0 fully saturated rings. The third-order valence-corrected chi connectivity index (χ3v) is 8.63. The number of thiazole rings is 1. The van der Waals surface area contributed by atoms with Crippen LogP contribution in [-0.2, 0) is 30.7 Å². The molecule has 0 aliphatic heterocycles. The van der Waals surface area contributed by atoms with Crippen LogP contribution in [0.2, 0.25) is 0 Å². The molecule has 1 unspecified atom stereocenters. The molecule has 2 aromatic carbocycles. The summed E-state index contributed by atoms with van der Waals surface area (Å²) in [5.41, 5.74) is 3.18. The van der Waals surface area contributed by atoms with E-state index in [0.29, 0.717) is 11.9 Å². The first kappa shape index (κ1) is 29.5. The number of esters is 1. The Morgan fingerprint density at radius 3 is 2.61 bits per heavy atom. The Kier molecular flexibility index (Phi) is 10.6. The summed E-state index contributed by atoms with van der Waals surface area (Å²) in [6, 6.07) is 13.0. The van der Waals surface area contributed by atoms with E-state index < -0.39 is 40.3 Å². The van der Waals surface area contributed by atoms with E-state index in [9.17, 15) is 23.1 Å². The standard InChI is InChI=1S/C26H33N3O7S2/c1-4-5-13-29(38(33,34)20-11-12-21-24(15-20)37-17-27-21)16-23(30)22(14-19-9-7-6-8-10-19)28-26(32)36-18(2)25(31)35-3/h6-12,15,17-18,22-23,30H,4-5,13-14,16H2,1-3H3,(H,28,32)/t18-,22?,23+/m0/s1. The summed E-state index contributed by atoms with van der Waals surface area (Å²) < 4.78 is 38.9. The van der Waals surface area contributed by atoms with Crippen molar-refractivity contribution in [2.24, 2.45) is 0 Å². The Labute approximate surface area is 226 Å². The van der Waals surface area contributed by atoms with E-state index >= 15 is 0 Å². The fourth-order valence-electron chi connectivity index (χ4n) is 3.84. The maximum Gasteiger partial charge on any atom is 0.408 e. The highest BCUT2D eigenvalue weighted by Gasteiger charge is 2.31. The molecule has 2 N–H and O–H groups in total. The fraction of sp³-hybridized carbons (Fsp3) is 0.423. The molecule has 0 saturated carbocycles. The largest absolute Gasteiger partial charge is 0.466 e. The van der Waals surface area contributed by atoms with Crippen molar-refractivity contribution in [2.75, 3.05) is 20.2 Å². The number of sulfonamides is 1. The number of aliphatic hydroxyl groups is 1. The lowest BCUT2D eigenvalue weighted by atomic mass is 10.0. The van der Waals surface area contributed by atoms with Gasteiger partial charge in [0, 0.05) is 13.1 Å². The molecule has 10 nitrogen and oxygen atoms in total. The van der Waals surface area contributed by atoms with Crippen LogP contribution < -0.4 is 5.32 Å². The summed E-state index contributed by atoms with van der Waals surface area (Å²) >= 11 is 1.34. The monoisotopic (exact) mass is 563 g/mol. The number of carbonyl (C=O) groups excluding carboxylic acids is 2. The van der Waals surface area contributed by atoms with Crippen LogP contribution in [-0.4, -0.2) is 73.3 Å². The summed E-state index contributed by atoms with van der Waals surface area (Å²) in [6.07, 6.45) is -1.82. The first-order valence-corrected chi connectivity index (χ1v) is 14.6. The number of carbonyl (C=O) groups is 2. The van der Waals surface area contributed by atoms with Crippen molar-refractivity contribution in [1.82, 2.24) is 14.6 Å². The van der Waals surface area contributed by atoms with E-state index in [2.05, 4.69) is 15.0 Å². The maximum atomic E-state index is 13.6. The number of ether oxygens (including phenoxy) is 2. The van der Waals surface area contributed by atoms with Crippen LogP contribution >= 0.6 is 11.3 Å². The quantitative estimate of drug-likeness (QED) is 0.302. The highest BCUT2D eigenvalue weighted by Crippen LogP contribution is 2.25. The second kappa shape index (κ2) is 13.7. The number of nitrogens with one attached hydrogen (secondary N) is 1. The summed E-state index contributed by atoms with van der Waals surface area (Å²) in [7, 11) is -2.78. The van der Waals surface area contributed by atoms with Crippen LogP contribution in [0.5, 0.6) is 0 Å². The highest BCUT2D eigenvalue weighted by molar-refractivity contribution is 7.89. The topological polar surface area (TPSA) is 135 Å². The molecule has 0 aliphatic rings. The van der Waals surface area contributed by atoms with Crippen LogP contribution in [0.1, 0.15) is 32.3 Å². The van der Waals surface area contributed by atoms with Crippen molar-refractivity contribution in [3.63, 3.8) is 0 Å². The SMILES string of the molecule is CCCCN(C[C@@H](O)C(Cc1ccccc1)NC(=O)O[C@@H](C)C(=O)OC)S(=O)(=O)c1ccc2ncsc2c1. The van der Waals surface area contributed by atoms with E-state index in [-0.39, 0.29) is 24.4 Å². The van der Waals surface area contributed by atoms with Gasteiger partial charge in [0.1, 0.15) is 0 Å². The first-order valence-electron chi connectivity index (χ1n) is 12.3. The number of hydrogen-bond donors (Lipinski definition) is 2. The van der Waals surface area contributed by atoms with E-state index in [4.69, 9.17) is 4.74 Å². The molecule has 1 amide bonds. The molecule has 1 heterocycles. The number of benzene rings is 2. The van der Waals surface area contributed by atoms with Gasteiger partial charge in [-0.1, -0.05) is 43.7 Å². The molecule has 0 bridgehead atoms. The van der Waals surface area contributed by atoms with E-state index in [1.165, 1.54) is 35.7 Å². The average molecular weight is 564 g/mol. The Morgan fingerprint density at radius 1 is 1.18 bits per heavy atom. The zero-order valence-electron chi connectivity index (χ0n) is 21.6. The molecule has 0 radical (unpaired) electrons. The van der Waals surface area contributed by atoms with Crippen LogP contribution in [0.4, 0.5) is 4.79 Å². The van der Waals surface area contributed by atoms with Crippen LogP contribution in [0.25, 0.3) is 10.2 Å². The molecular formula is C26H33N3O7S2. The van der Waals surface area contributed by atoms with Crippen LogP contribution in [0, 0.1) is 0 Å². The fourth-order valence-corrected chi connectivity index (χ4v) is 6.15. The number of rotatable bonds is 13. The van der Waals surface area contributed by atoms with Crippen molar-refractivity contribution >= 4 is 43.6 Å². The van der Waals surface area contributed by atoms with Gasteiger partial charge in [0.2, 0.25) is 10.0 Å². The second-order valence-corrected chi connectivity index (χ2v) is 11.6. The molecule has 206 valence electrons. The number of nitrogens with zero attached hydrogens (tertiary/aromatic N) is 2. The lowest BCUT2D eigenvalue weighted by Gasteiger charge is -2.30. The van der Waals surface area contributed by atoms with Crippen molar-refractivity contribution in [2.45, 2.75) is 56.3 Å². The van der Waals surface area contributed by atoms with Gasteiger partial charge in [-0.3, -0.25) is 0 Å². The van der Waals surface area contributed by atoms with Gasteiger partial charge < -0.3 is 19.9 Å². The molecule has 0 saturated heterocycles. The molecule has 0 aliphatic carbocycles. The molecule has 38 heavy (non-hydrogen) atoms. The number of methoxy groups -OCH3 is 1. The molecule has 0 spiro atoms. The number of alkyl carbamates (subject to hydrolysis) is 1. The van der Waals surface area contributed by atoms with Gasteiger partial charge in [-0.05, 0) is 43.5 Å². The summed E-state index contributed by atoms with van der Waals surface area (Å²) in [6.45, 7) is 3.25. The van der Waals surface area contributed by atoms with Gasteiger partial charge in [0.15, 0.2) is 6.10 Å². The normalized spacial score (nSPS) is 14.1. The minimum Gasteiger partial charge on any atom is -0.466 e. The van der Waals surface area contributed by atoms with Crippen molar-refractivity contribution in [3.8, 4) is 0 Å². The second-order valence-electron chi connectivity index (χ2n) is 8.78. The molecule has 1 aromatic heterocycles. The minimum atomic E-state index is -3.96. The predicted octanol–water partition coefficient (Wildman–Crippen LogP) is 3.35. The van der Waals surface area contributed by atoms with Crippen LogP contribution in [0.3, 0.4) is 0 Å². The Morgan fingerprint density at radius 2 is 1.92 bits per heavy atom. The number of fused-ring (bicyclic) bond motifs is 1. The van der Waals surface area contributed by atoms with Gasteiger partial charge in [0.05, 0.1) is 39.9 Å². The van der Waals surface area contributed by atoms with Gasteiger partial charge in [-0.25, -0.2) is 23.0 Å². The summed E-state index contributed by atoms with van der Waals surface area (Å²) in [5.74, 6) is -0.727. The van der Waals surface area contributed by atoms with E-state index in [1.807, 2.05) is 37.3 Å². The number of unbranched alkanes of at least 4 members (excludes halogenated alkanes) is 1. The third kappa shape index (κ3) is 7.73. The van der Waals surface area contributed by atoms with Crippen LogP contribution in [0.15, 0.2) is 58.9 Å². The molecule has 3 rings (SSSR count). The smallest absolute Gasteiger partial charge is 0.408 e. The van der Waals surface area contributed by atoms with Crippen molar-refractivity contribution in [1.29, 1.82) is 0 Å². The van der Waals surface area contributed by atoms with Gasteiger partial charge >= 0.3 is 12.1 Å². The number of amides is 1. The molecule has 3 aromatic rings. The van der Waals surface area contributed by atoms with Gasteiger partial charge in [0.25, 0.3) is 0 Å². The zero-order chi connectivity index (χ0) is 27.7. The van der Waals surface area contributed by atoms with Crippen molar-refractivity contribution in [3.05, 3.63) is 59.6 Å². The lowest BCUT2D eigenvalue weighted by Crippen LogP contribution is -2.51. The molecule has 3 atom stereocenters. The van der Waals surface area contributed by atoms with Crippen molar-refractivity contribution < 1.29 is 32.6 Å². The zero-order valence-corrected chi connectivity index (χ0v) is 23.2. The summed E-state index contributed by atoms with van der Waals surface area (Å²) in [4.78, 5) is 28.5. The minimum absolute atomic E-state index is 0.108. The first-order chi connectivity index (χ1) is 18.1. The number of aliphatic hydroxyl groups excluding tert-OH is 1. The molecular weight excluding hydrogens is 530 g/mol. The Balaban J connectivity index is 1.84.